The van der Waals surface area contributed by atoms with Gasteiger partial charge >= 0.3 is 0 Å². The van der Waals surface area contributed by atoms with E-state index in [-0.39, 0.29) is 0 Å². The largest absolute Gasteiger partial charge is 0.497 e. The number of aromatic nitrogens is 2. The lowest BCUT2D eigenvalue weighted by Gasteiger charge is -2.13. The summed E-state index contributed by atoms with van der Waals surface area (Å²) in [5.74, 6) is 3.43. The third kappa shape index (κ3) is 6.38. The fourth-order valence-corrected chi connectivity index (χ4v) is 2.54. The van der Waals surface area contributed by atoms with Crippen LogP contribution in [0.25, 0.3) is 0 Å². The first-order chi connectivity index (χ1) is 12.6. The molecule has 0 saturated heterocycles. The Bertz CT molecular complexity index is 681. The molecule has 7 heteroatoms. The van der Waals surface area contributed by atoms with Gasteiger partial charge in [0.2, 0.25) is 5.89 Å². The fraction of sp³-hybridized carbons (Fsp3) is 0.526. The molecule has 26 heavy (non-hydrogen) atoms. The first-order valence-corrected chi connectivity index (χ1v) is 9.07. The van der Waals surface area contributed by atoms with Crippen LogP contribution in [0.1, 0.15) is 43.5 Å². The lowest BCUT2D eigenvalue weighted by molar-refractivity contribution is 0.374. The third-order valence-electron chi connectivity index (χ3n) is 4.06. The average molecular weight is 359 g/mol. The van der Waals surface area contributed by atoms with Crippen LogP contribution in [-0.2, 0) is 6.42 Å². The molecule has 0 fully saturated rings. The molecule has 0 amide bonds. The van der Waals surface area contributed by atoms with Gasteiger partial charge in [-0.2, -0.15) is 4.98 Å². The van der Waals surface area contributed by atoms with E-state index in [4.69, 9.17) is 9.26 Å². The average Bonchev–Trinajstić information content (AvgIpc) is 3.07. The number of aliphatic imine (C=N–C) groups is 1. The number of nitrogens with zero attached hydrogens (tertiary/aromatic N) is 3. The van der Waals surface area contributed by atoms with Crippen LogP contribution in [0, 0.1) is 6.92 Å². The van der Waals surface area contributed by atoms with Crippen LogP contribution >= 0.6 is 0 Å². The van der Waals surface area contributed by atoms with Crippen molar-refractivity contribution >= 4 is 5.96 Å². The van der Waals surface area contributed by atoms with Gasteiger partial charge in [-0.05, 0) is 43.9 Å². The van der Waals surface area contributed by atoms with E-state index in [0.29, 0.717) is 30.6 Å². The van der Waals surface area contributed by atoms with Crippen LogP contribution in [0.5, 0.6) is 5.75 Å². The van der Waals surface area contributed by atoms with Gasteiger partial charge in [-0.1, -0.05) is 24.2 Å². The van der Waals surface area contributed by atoms with E-state index in [1.807, 2.05) is 19.1 Å². The van der Waals surface area contributed by atoms with Crippen LogP contribution in [0.4, 0.5) is 0 Å². The van der Waals surface area contributed by atoms with E-state index in [2.05, 4.69) is 51.7 Å². The van der Waals surface area contributed by atoms with Gasteiger partial charge in [-0.15, -0.1) is 0 Å². The van der Waals surface area contributed by atoms with Gasteiger partial charge in [0.1, 0.15) is 5.75 Å². The summed E-state index contributed by atoms with van der Waals surface area (Å²) >= 11 is 0. The summed E-state index contributed by atoms with van der Waals surface area (Å²) in [6, 6.07) is 8.23. The quantitative estimate of drug-likeness (QED) is 0.529. The van der Waals surface area contributed by atoms with E-state index in [0.717, 1.165) is 31.2 Å². The van der Waals surface area contributed by atoms with Gasteiger partial charge in [0, 0.05) is 26.1 Å². The highest BCUT2D eigenvalue weighted by molar-refractivity contribution is 5.79. The van der Waals surface area contributed by atoms with Gasteiger partial charge in [0.15, 0.2) is 11.8 Å². The summed E-state index contributed by atoms with van der Waals surface area (Å²) in [6.07, 6.45) is 1.65. The summed E-state index contributed by atoms with van der Waals surface area (Å²) < 4.78 is 10.3. The molecule has 7 nitrogen and oxygen atoms in total. The minimum absolute atomic E-state index is 0.439. The van der Waals surface area contributed by atoms with Crippen molar-refractivity contribution in [3.05, 3.63) is 41.5 Å². The van der Waals surface area contributed by atoms with E-state index in [1.165, 1.54) is 5.56 Å². The Kier molecular flexibility index (Phi) is 7.92. The second-order valence-corrected chi connectivity index (χ2v) is 6.14. The van der Waals surface area contributed by atoms with Crippen LogP contribution in [0.15, 0.2) is 33.8 Å². The zero-order valence-electron chi connectivity index (χ0n) is 16.1. The molecule has 2 N–H and O–H groups in total. The SMILES string of the molecule is CCNC(=NCCC(C)c1ccc(OC)cc1)NCCc1nc(C)no1. The van der Waals surface area contributed by atoms with Crippen molar-refractivity contribution in [2.45, 2.75) is 39.5 Å². The highest BCUT2D eigenvalue weighted by Gasteiger charge is 2.06. The normalized spacial score (nSPS) is 12.7. The van der Waals surface area contributed by atoms with E-state index < -0.39 is 0 Å². The number of guanidine groups is 1. The molecule has 1 atom stereocenters. The van der Waals surface area contributed by atoms with Gasteiger partial charge in [-0.25, -0.2) is 0 Å². The second kappa shape index (κ2) is 10.4. The number of methoxy groups -OCH3 is 1. The van der Waals surface area contributed by atoms with Crippen LogP contribution in [0.2, 0.25) is 0 Å². The topological polar surface area (TPSA) is 84.6 Å². The van der Waals surface area contributed by atoms with E-state index >= 15 is 0 Å². The molecule has 2 aromatic rings. The van der Waals surface area contributed by atoms with Gasteiger partial charge < -0.3 is 19.9 Å². The highest BCUT2D eigenvalue weighted by atomic mass is 16.5. The fourth-order valence-electron chi connectivity index (χ4n) is 2.54. The first-order valence-electron chi connectivity index (χ1n) is 9.07. The molecule has 1 unspecified atom stereocenters. The maximum absolute atomic E-state index is 5.21. The molecule has 0 bridgehead atoms. The Hall–Kier alpha value is -2.57. The Morgan fingerprint density at radius 1 is 1.27 bits per heavy atom. The Morgan fingerprint density at radius 3 is 2.65 bits per heavy atom. The summed E-state index contributed by atoms with van der Waals surface area (Å²) in [4.78, 5) is 8.85. The number of aryl methyl sites for hydroxylation is 1. The van der Waals surface area contributed by atoms with Crippen LogP contribution in [0.3, 0.4) is 0 Å². The lowest BCUT2D eigenvalue weighted by atomic mass is 9.98. The Labute approximate surface area is 155 Å². The monoisotopic (exact) mass is 359 g/mol. The van der Waals surface area contributed by atoms with Gasteiger partial charge in [-0.3, -0.25) is 4.99 Å². The Morgan fingerprint density at radius 2 is 2.04 bits per heavy atom. The molecule has 1 aromatic carbocycles. The van der Waals surface area contributed by atoms with Crippen molar-refractivity contribution in [3.63, 3.8) is 0 Å². The van der Waals surface area contributed by atoms with Crippen molar-refractivity contribution in [1.82, 2.24) is 20.8 Å². The molecule has 1 heterocycles. The number of ether oxygens (including phenoxy) is 1. The molecular weight excluding hydrogens is 330 g/mol. The van der Waals surface area contributed by atoms with Crippen LogP contribution < -0.4 is 15.4 Å². The van der Waals surface area contributed by atoms with Crippen molar-refractivity contribution in [1.29, 1.82) is 0 Å². The predicted molar refractivity (Wildman–Crippen MR) is 103 cm³/mol. The zero-order valence-corrected chi connectivity index (χ0v) is 16.1. The van der Waals surface area contributed by atoms with Crippen molar-refractivity contribution < 1.29 is 9.26 Å². The van der Waals surface area contributed by atoms with Gasteiger partial charge in [0.25, 0.3) is 0 Å². The van der Waals surface area contributed by atoms with Crippen molar-refractivity contribution in [2.75, 3.05) is 26.7 Å². The summed E-state index contributed by atoms with van der Waals surface area (Å²) in [5, 5.41) is 10.4. The standard InChI is InChI=1S/C19H29N5O2/c1-5-20-19(22-13-11-18-23-15(3)24-26-18)21-12-10-14(2)16-6-8-17(25-4)9-7-16/h6-9,14H,5,10-13H2,1-4H3,(H2,20,21,22). The van der Waals surface area contributed by atoms with E-state index in [1.54, 1.807) is 7.11 Å². The molecule has 0 aliphatic carbocycles. The van der Waals surface area contributed by atoms with Crippen molar-refractivity contribution in [2.24, 2.45) is 4.99 Å². The molecule has 0 saturated carbocycles. The molecule has 0 radical (unpaired) electrons. The van der Waals surface area contributed by atoms with Crippen LogP contribution in [-0.4, -0.2) is 42.8 Å². The summed E-state index contributed by atoms with van der Waals surface area (Å²) in [6.45, 7) is 8.35. The number of benzene rings is 1. The van der Waals surface area contributed by atoms with Gasteiger partial charge in [0.05, 0.1) is 7.11 Å². The molecule has 142 valence electrons. The molecule has 0 aliphatic heterocycles. The lowest BCUT2D eigenvalue weighted by Crippen LogP contribution is -2.38. The zero-order chi connectivity index (χ0) is 18.8. The minimum Gasteiger partial charge on any atom is -0.497 e. The maximum atomic E-state index is 5.21. The maximum Gasteiger partial charge on any atom is 0.228 e. The number of rotatable bonds is 9. The number of hydrogen-bond acceptors (Lipinski definition) is 5. The smallest absolute Gasteiger partial charge is 0.228 e. The predicted octanol–water partition coefficient (Wildman–Crippen LogP) is 2.68. The van der Waals surface area contributed by atoms with E-state index in [9.17, 15) is 0 Å². The number of nitrogens with one attached hydrogen (secondary N) is 2. The molecule has 0 spiro atoms. The minimum atomic E-state index is 0.439. The summed E-state index contributed by atoms with van der Waals surface area (Å²) in [7, 11) is 1.68. The molecule has 2 rings (SSSR count). The Balaban J connectivity index is 1.79. The highest BCUT2D eigenvalue weighted by Crippen LogP contribution is 2.21. The number of hydrogen-bond donors (Lipinski definition) is 2. The van der Waals surface area contributed by atoms with Crippen molar-refractivity contribution in [3.8, 4) is 5.75 Å². The molecular formula is C19H29N5O2. The molecule has 1 aromatic heterocycles. The molecule has 0 aliphatic rings. The second-order valence-electron chi connectivity index (χ2n) is 6.14. The third-order valence-corrected chi connectivity index (χ3v) is 4.06. The first kappa shape index (κ1) is 19.8. The summed E-state index contributed by atoms with van der Waals surface area (Å²) in [5.41, 5.74) is 1.30.